The molecule has 1 saturated carbocycles. The van der Waals surface area contributed by atoms with E-state index in [1.807, 2.05) is 64.1 Å². The molecule has 1 aliphatic carbocycles. The second kappa shape index (κ2) is 14.0. The maximum absolute atomic E-state index is 14.3. The van der Waals surface area contributed by atoms with E-state index in [4.69, 9.17) is 0 Å². The topological polar surface area (TPSA) is 86.8 Å². The first-order chi connectivity index (χ1) is 20.1. The molecule has 7 nitrogen and oxygen atoms in total. The zero-order valence-corrected chi connectivity index (χ0v) is 26.0. The number of nitrogens with one attached hydrogen (secondary N) is 1. The second-order valence-corrected chi connectivity index (χ2v) is 13.1. The van der Waals surface area contributed by atoms with Crippen molar-refractivity contribution in [3.8, 4) is 0 Å². The van der Waals surface area contributed by atoms with Gasteiger partial charge in [0.1, 0.15) is 12.6 Å². The molecule has 0 radical (unpaired) electrons. The smallest absolute Gasteiger partial charge is 0.264 e. The molecule has 224 valence electrons. The number of rotatable bonds is 12. The molecule has 1 N–H and O–H groups in total. The molecule has 1 fully saturated rings. The van der Waals surface area contributed by atoms with E-state index < -0.39 is 28.5 Å². The van der Waals surface area contributed by atoms with Crippen LogP contribution >= 0.6 is 0 Å². The zero-order valence-electron chi connectivity index (χ0n) is 25.2. The molecule has 0 bridgehead atoms. The normalized spacial score (nSPS) is 14.4. The van der Waals surface area contributed by atoms with E-state index in [1.54, 1.807) is 41.3 Å². The zero-order chi connectivity index (χ0) is 30.3. The van der Waals surface area contributed by atoms with Gasteiger partial charge in [-0.25, -0.2) is 8.42 Å². The number of hydrogen-bond acceptors (Lipinski definition) is 4. The molecule has 0 aliphatic heterocycles. The summed E-state index contributed by atoms with van der Waals surface area (Å²) in [4.78, 5) is 29.6. The highest BCUT2D eigenvalue weighted by molar-refractivity contribution is 7.92. The van der Waals surface area contributed by atoms with Crippen molar-refractivity contribution >= 4 is 27.5 Å². The SMILES string of the molecule is CCc1ccccc1N(CC(=O)N(Cc1cccc(C)c1)[C@H](CC)C(=O)NC1CCCC1)S(=O)(=O)c1ccc(C)cc1. The van der Waals surface area contributed by atoms with Gasteiger partial charge in [-0.1, -0.05) is 92.4 Å². The van der Waals surface area contributed by atoms with E-state index in [1.165, 1.54) is 4.31 Å². The number of aryl methyl sites for hydroxylation is 3. The minimum absolute atomic E-state index is 0.109. The van der Waals surface area contributed by atoms with Gasteiger partial charge in [0.25, 0.3) is 10.0 Å². The summed E-state index contributed by atoms with van der Waals surface area (Å²) in [6.45, 7) is 7.51. The number of anilines is 1. The van der Waals surface area contributed by atoms with Gasteiger partial charge in [-0.15, -0.1) is 0 Å². The lowest BCUT2D eigenvalue weighted by Gasteiger charge is -2.34. The van der Waals surface area contributed by atoms with Crippen LogP contribution in [0.4, 0.5) is 5.69 Å². The molecule has 1 aliphatic rings. The Bertz CT molecular complexity index is 1480. The Kier molecular flexibility index (Phi) is 10.4. The predicted molar refractivity (Wildman–Crippen MR) is 168 cm³/mol. The molecule has 42 heavy (non-hydrogen) atoms. The van der Waals surface area contributed by atoms with Crippen molar-refractivity contribution < 1.29 is 18.0 Å². The van der Waals surface area contributed by atoms with Crippen molar-refractivity contribution in [3.63, 3.8) is 0 Å². The average Bonchev–Trinajstić information content (AvgIpc) is 3.49. The van der Waals surface area contributed by atoms with E-state index in [-0.39, 0.29) is 23.4 Å². The fourth-order valence-corrected chi connectivity index (χ4v) is 7.15. The van der Waals surface area contributed by atoms with Crippen LogP contribution in [0.15, 0.2) is 77.7 Å². The summed E-state index contributed by atoms with van der Waals surface area (Å²) in [6, 6.07) is 21.1. The summed E-state index contributed by atoms with van der Waals surface area (Å²) >= 11 is 0. The van der Waals surface area contributed by atoms with Gasteiger partial charge in [-0.05, 0) is 68.9 Å². The summed E-state index contributed by atoms with van der Waals surface area (Å²) < 4.78 is 29.5. The fraction of sp³-hybridized carbons (Fsp3) is 0.412. The molecule has 0 saturated heterocycles. The van der Waals surface area contributed by atoms with Crippen molar-refractivity contribution in [1.82, 2.24) is 10.2 Å². The van der Waals surface area contributed by atoms with E-state index in [2.05, 4.69) is 5.32 Å². The van der Waals surface area contributed by atoms with Crippen LogP contribution < -0.4 is 9.62 Å². The molecular weight excluding hydrogens is 546 g/mol. The first-order valence-electron chi connectivity index (χ1n) is 15.0. The first kappa shape index (κ1) is 31.3. The molecule has 3 aromatic rings. The molecular formula is C34H43N3O4S. The van der Waals surface area contributed by atoms with Crippen molar-refractivity contribution in [2.75, 3.05) is 10.8 Å². The Morgan fingerprint density at radius 3 is 2.24 bits per heavy atom. The highest BCUT2D eigenvalue weighted by Crippen LogP contribution is 2.29. The van der Waals surface area contributed by atoms with Crippen molar-refractivity contribution in [1.29, 1.82) is 0 Å². The van der Waals surface area contributed by atoms with Crippen LogP contribution in [0.25, 0.3) is 0 Å². The number of amides is 2. The quantitative estimate of drug-likeness (QED) is 0.284. The summed E-state index contributed by atoms with van der Waals surface area (Å²) in [5.41, 5.74) is 4.15. The van der Waals surface area contributed by atoms with Gasteiger partial charge in [0, 0.05) is 12.6 Å². The number of sulfonamides is 1. The number of para-hydroxylation sites is 1. The van der Waals surface area contributed by atoms with Gasteiger partial charge in [0.15, 0.2) is 0 Å². The van der Waals surface area contributed by atoms with E-state index in [0.29, 0.717) is 18.5 Å². The number of hydrogen-bond donors (Lipinski definition) is 1. The lowest BCUT2D eigenvalue weighted by molar-refractivity contribution is -0.140. The largest absolute Gasteiger partial charge is 0.352 e. The minimum Gasteiger partial charge on any atom is -0.352 e. The van der Waals surface area contributed by atoms with Crippen molar-refractivity contribution in [2.24, 2.45) is 0 Å². The Morgan fingerprint density at radius 1 is 0.905 bits per heavy atom. The van der Waals surface area contributed by atoms with Crippen LogP contribution in [0.3, 0.4) is 0 Å². The van der Waals surface area contributed by atoms with Crippen LogP contribution in [-0.2, 0) is 32.6 Å². The molecule has 0 unspecified atom stereocenters. The Hall–Kier alpha value is -3.65. The summed E-state index contributed by atoms with van der Waals surface area (Å²) in [6.07, 6.45) is 5.03. The molecule has 1 atom stereocenters. The number of nitrogens with zero attached hydrogens (tertiary/aromatic N) is 2. The lowest BCUT2D eigenvalue weighted by Crippen LogP contribution is -2.53. The Balaban J connectivity index is 1.74. The van der Waals surface area contributed by atoms with Crippen LogP contribution in [0.2, 0.25) is 0 Å². The van der Waals surface area contributed by atoms with E-state index in [0.717, 1.165) is 47.9 Å². The lowest BCUT2D eigenvalue weighted by atomic mass is 10.1. The highest BCUT2D eigenvalue weighted by Gasteiger charge is 2.35. The van der Waals surface area contributed by atoms with Gasteiger partial charge in [0.2, 0.25) is 11.8 Å². The molecule has 2 amide bonds. The van der Waals surface area contributed by atoms with Crippen molar-refractivity contribution in [3.05, 3.63) is 95.1 Å². The van der Waals surface area contributed by atoms with Crippen LogP contribution in [-0.4, -0.2) is 43.8 Å². The van der Waals surface area contributed by atoms with Gasteiger partial charge in [-0.2, -0.15) is 0 Å². The second-order valence-electron chi connectivity index (χ2n) is 11.2. The Labute approximate surface area is 251 Å². The number of carbonyl (C=O) groups excluding carboxylic acids is 2. The first-order valence-corrected chi connectivity index (χ1v) is 16.4. The summed E-state index contributed by atoms with van der Waals surface area (Å²) in [7, 11) is -4.10. The average molecular weight is 590 g/mol. The third-order valence-electron chi connectivity index (χ3n) is 8.05. The van der Waals surface area contributed by atoms with E-state index >= 15 is 0 Å². The molecule has 0 spiro atoms. The number of carbonyl (C=O) groups is 2. The number of benzene rings is 3. The highest BCUT2D eigenvalue weighted by atomic mass is 32.2. The molecule has 0 heterocycles. The molecule has 8 heteroatoms. The molecule has 0 aromatic heterocycles. The van der Waals surface area contributed by atoms with Crippen LogP contribution in [0.5, 0.6) is 0 Å². The fourth-order valence-electron chi connectivity index (χ4n) is 5.70. The third-order valence-corrected chi connectivity index (χ3v) is 9.83. The summed E-state index contributed by atoms with van der Waals surface area (Å²) in [5, 5.41) is 3.16. The van der Waals surface area contributed by atoms with Gasteiger partial charge < -0.3 is 10.2 Å². The standard InChI is InChI=1S/C34H43N3O4S/c1-5-28-14-7-10-17-32(28)37(42(40,41)30-20-18-25(3)19-21-30)24-33(38)36(23-27-13-11-12-26(4)22-27)31(6-2)34(39)35-29-15-8-9-16-29/h7,10-14,17-22,29,31H,5-6,8-9,15-16,23-24H2,1-4H3,(H,35,39)/t31-/m1/s1. The van der Waals surface area contributed by atoms with E-state index in [9.17, 15) is 18.0 Å². The molecule has 4 rings (SSSR count). The third kappa shape index (κ3) is 7.40. The maximum atomic E-state index is 14.3. The van der Waals surface area contributed by atoms with Crippen LogP contribution in [0, 0.1) is 13.8 Å². The molecule has 3 aromatic carbocycles. The van der Waals surface area contributed by atoms with Crippen molar-refractivity contribution in [2.45, 2.75) is 89.7 Å². The monoisotopic (exact) mass is 589 g/mol. The van der Waals surface area contributed by atoms with Gasteiger partial charge >= 0.3 is 0 Å². The summed E-state index contributed by atoms with van der Waals surface area (Å²) in [5.74, 6) is -0.612. The predicted octanol–water partition coefficient (Wildman–Crippen LogP) is 5.93. The maximum Gasteiger partial charge on any atom is 0.264 e. The van der Waals surface area contributed by atoms with Crippen LogP contribution in [0.1, 0.15) is 68.2 Å². The van der Waals surface area contributed by atoms with Gasteiger partial charge in [-0.3, -0.25) is 13.9 Å². The Morgan fingerprint density at radius 2 is 1.60 bits per heavy atom. The minimum atomic E-state index is -4.10. The van der Waals surface area contributed by atoms with Gasteiger partial charge in [0.05, 0.1) is 10.6 Å².